The summed E-state index contributed by atoms with van der Waals surface area (Å²) < 4.78 is 2.16. The van der Waals surface area contributed by atoms with Crippen LogP contribution in [0.2, 0.25) is 0 Å². The van der Waals surface area contributed by atoms with E-state index in [1.165, 1.54) is 16.6 Å². The molecule has 0 amide bonds. The molecule has 1 heterocycles. The topological polar surface area (TPSA) is 43.8 Å². The highest BCUT2D eigenvalue weighted by Crippen LogP contribution is 2.20. The first kappa shape index (κ1) is 12.7. The lowest BCUT2D eigenvalue weighted by molar-refractivity contribution is 0.844. The van der Waals surface area contributed by atoms with Crippen LogP contribution in [0.5, 0.6) is 0 Å². The third-order valence-corrected chi connectivity index (χ3v) is 3.83. The summed E-state index contributed by atoms with van der Waals surface area (Å²) in [4.78, 5) is 4.72. The smallest absolute Gasteiger partial charge is 0.114 e. The Morgan fingerprint density at radius 2 is 1.95 bits per heavy atom. The minimum absolute atomic E-state index is 0.832. The Labute approximate surface area is 119 Å². The summed E-state index contributed by atoms with van der Waals surface area (Å²) in [6.07, 6.45) is 1.79. The fourth-order valence-electron chi connectivity index (χ4n) is 2.61. The van der Waals surface area contributed by atoms with E-state index >= 15 is 0 Å². The van der Waals surface area contributed by atoms with Crippen LogP contribution in [0.4, 0.5) is 5.69 Å². The summed E-state index contributed by atoms with van der Waals surface area (Å²) in [5, 5.41) is 0. The third-order valence-electron chi connectivity index (χ3n) is 3.83. The number of hydrogen-bond acceptors (Lipinski definition) is 2. The number of imidazole rings is 1. The van der Waals surface area contributed by atoms with Gasteiger partial charge in [-0.2, -0.15) is 0 Å². The van der Waals surface area contributed by atoms with Gasteiger partial charge in [0.05, 0.1) is 11.0 Å². The molecule has 0 saturated heterocycles. The molecule has 3 rings (SSSR count). The number of fused-ring (bicyclic) bond motifs is 1. The second kappa shape index (κ2) is 5.00. The number of para-hydroxylation sites is 2. The lowest BCUT2D eigenvalue weighted by Crippen LogP contribution is -2.01. The van der Waals surface area contributed by atoms with E-state index in [1.54, 1.807) is 0 Å². The summed E-state index contributed by atoms with van der Waals surface area (Å²) in [6, 6.07) is 14.5. The van der Waals surface area contributed by atoms with Gasteiger partial charge in [0.15, 0.2) is 0 Å². The van der Waals surface area contributed by atoms with Crippen molar-refractivity contribution in [2.24, 2.45) is 7.05 Å². The summed E-state index contributed by atoms with van der Waals surface area (Å²) in [5.41, 5.74) is 11.5. The summed E-state index contributed by atoms with van der Waals surface area (Å²) >= 11 is 0. The van der Waals surface area contributed by atoms with Crippen molar-refractivity contribution in [1.29, 1.82) is 0 Å². The Morgan fingerprint density at radius 3 is 2.70 bits per heavy atom. The molecule has 3 nitrogen and oxygen atoms in total. The molecular formula is C17H19N3. The van der Waals surface area contributed by atoms with Crippen LogP contribution in [-0.2, 0) is 19.9 Å². The number of hydrogen-bond donors (Lipinski definition) is 1. The fourth-order valence-corrected chi connectivity index (χ4v) is 2.61. The first-order valence-corrected chi connectivity index (χ1v) is 6.96. The van der Waals surface area contributed by atoms with Crippen LogP contribution in [0.15, 0.2) is 42.5 Å². The predicted molar refractivity (Wildman–Crippen MR) is 83.8 cm³/mol. The zero-order valence-electron chi connectivity index (χ0n) is 11.9. The van der Waals surface area contributed by atoms with E-state index in [0.717, 1.165) is 29.9 Å². The number of nitrogen functional groups attached to an aromatic ring is 1. The Hall–Kier alpha value is -2.29. The van der Waals surface area contributed by atoms with E-state index < -0.39 is 0 Å². The monoisotopic (exact) mass is 265 g/mol. The van der Waals surface area contributed by atoms with Crippen LogP contribution in [0.25, 0.3) is 11.0 Å². The van der Waals surface area contributed by atoms with Gasteiger partial charge >= 0.3 is 0 Å². The van der Waals surface area contributed by atoms with Crippen molar-refractivity contribution in [2.75, 3.05) is 5.73 Å². The fraction of sp³-hybridized carbons (Fsp3) is 0.235. The molecule has 0 fully saturated rings. The van der Waals surface area contributed by atoms with Crippen LogP contribution in [-0.4, -0.2) is 9.55 Å². The summed E-state index contributed by atoms with van der Waals surface area (Å²) in [7, 11) is 2.07. The highest BCUT2D eigenvalue weighted by Gasteiger charge is 2.08. The molecule has 0 atom stereocenters. The molecule has 2 aromatic carbocycles. The second-order valence-electron chi connectivity index (χ2n) is 5.14. The first-order valence-electron chi connectivity index (χ1n) is 6.96. The summed E-state index contributed by atoms with van der Waals surface area (Å²) in [6.45, 7) is 2.13. The number of nitrogens with two attached hydrogens (primary N) is 1. The maximum Gasteiger partial charge on any atom is 0.114 e. The van der Waals surface area contributed by atoms with E-state index in [4.69, 9.17) is 10.7 Å². The number of aryl methyl sites for hydroxylation is 2. The Morgan fingerprint density at radius 1 is 1.15 bits per heavy atom. The van der Waals surface area contributed by atoms with E-state index in [9.17, 15) is 0 Å². The van der Waals surface area contributed by atoms with Gasteiger partial charge in [0.25, 0.3) is 0 Å². The van der Waals surface area contributed by atoms with Crippen LogP contribution >= 0.6 is 0 Å². The second-order valence-corrected chi connectivity index (χ2v) is 5.14. The standard InChI is InChI=1S/C17H19N3/c1-3-13-10-12(8-9-14(13)18)11-17-19-15-6-4-5-7-16(15)20(17)2/h4-10H,3,11,18H2,1-2H3. The van der Waals surface area contributed by atoms with Gasteiger partial charge in [-0.3, -0.25) is 0 Å². The molecule has 2 N–H and O–H groups in total. The normalized spacial score (nSPS) is 11.1. The van der Waals surface area contributed by atoms with Gasteiger partial charge in [0.1, 0.15) is 5.82 Å². The van der Waals surface area contributed by atoms with Gasteiger partial charge in [-0.15, -0.1) is 0 Å². The number of benzene rings is 2. The van der Waals surface area contributed by atoms with E-state index in [-0.39, 0.29) is 0 Å². The SMILES string of the molecule is CCc1cc(Cc2nc3ccccc3n2C)ccc1N. The van der Waals surface area contributed by atoms with Crippen LogP contribution in [0.1, 0.15) is 23.9 Å². The van der Waals surface area contributed by atoms with E-state index in [0.29, 0.717) is 0 Å². The number of anilines is 1. The molecule has 0 radical (unpaired) electrons. The van der Waals surface area contributed by atoms with Crippen molar-refractivity contribution in [3.05, 3.63) is 59.4 Å². The maximum atomic E-state index is 5.96. The van der Waals surface area contributed by atoms with Crippen LogP contribution < -0.4 is 5.73 Å². The molecule has 0 aliphatic rings. The molecule has 0 spiro atoms. The Kier molecular flexibility index (Phi) is 3.18. The average molecular weight is 265 g/mol. The Bertz CT molecular complexity index is 756. The largest absolute Gasteiger partial charge is 0.399 e. The van der Waals surface area contributed by atoms with E-state index in [2.05, 4.69) is 42.8 Å². The van der Waals surface area contributed by atoms with Crippen molar-refractivity contribution in [3.63, 3.8) is 0 Å². The van der Waals surface area contributed by atoms with Gasteiger partial charge in [-0.1, -0.05) is 31.2 Å². The number of rotatable bonds is 3. The summed E-state index contributed by atoms with van der Waals surface area (Å²) in [5.74, 6) is 1.08. The molecule has 3 aromatic rings. The Balaban J connectivity index is 1.99. The highest BCUT2D eigenvalue weighted by atomic mass is 15.1. The van der Waals surface area contributed by atoms with Crippen molar-refractivity contribution in [3.8, 4) is 0 Å². The lowest BCUT2D eigenvalue weighted by Gasteiger charge is -2.07. The molecule has 1 aromatic heterocycles. The number of nitrogens with zero attached hydrogens (tertiary/aromatic N) is 2. The predicted octanol–water partition coefficient (Wildman–Crippen LogP) is 3.31. The molecule has 102 valence electrons. The minimum atomic E-state index is 0.832. The zero-order chi connectivity index (χ0) is 14.1. The molecule has 0 aliphatic carbocycles. The maximum absolute atomic E-state index is 5.96. The van der Waals surface area contributed by atoms with Crippen molar-refractivity contribution in [1.82, 2.24) is 9.55 Å². The number of aromatic nitrogens is 2. The van der Waals surface area contributed by atoms with Gasteiger partial charge in [0.2, 0.25) is 0 Å². The molecule has 0 aliphatic heterocycles. The van der Waals surface area contributed by atoms with Crippen LogP contribution in [0, 0.1) is 0 Å². The molecule has 0 unspecified atom stereocenters. The molecule has 20 heavy (non-hydrogen) atoms. The molecule has 0 saturated carbocycles. The molecule has 3 heteroatoms. The quantitative estimate of drug-likeness (QED) is 0.738. The van der Waals surface area contributed by atoms with Crippen molar-refractivity contribution >= 4 is 16.7 Å². The third kappa shape index (κ3) is 2.16. The minimum Gasteiger partial charge on any atom is -0.399 e. The average Bonchev–Trinajstić information content (AvgIpc) is 2.78. The zero-order valence-corrected chi connectivity index (χ0v) is 11.9. The van der Waals surface area contributed by atoms with E-state index in [1.807, 2.05) is 18.2 Å². The van der Waals surface area contributed by atoms with Gasteiger partial charge < -0.3 is 10.3 Å². The molecule has 0 bridgehead atoms. The van der Waals surface area contributed by atoms with Gasteiger partial charge in [-0.05, 0) is 35.7 Å². The van der Waals surface area contributed by atoms with Gasteiger partial charge in [-0.25, -0.2) is 4.98 Å². The van der Waals surface area contributed by atoms with Crippen molar-refractivity contribution < 1.29 is 0 Å². The molecular weight excluding hydrogens is 246 g/mol. The van der Waals surface area contributed by atoms with Crippen molar-refractivity contribution in [2.45, 2.75) is 19.8 Å². The van der Waals surface area contributed by atoms with Crippen LogP contribution in [0.3, 0.4) is 0 Å². The highest BCUT2D eigenvalue weighted by molar-refractivity contribution is 5.75. The lowest BCUT2D eigenvalue weighted by atomic mass is 10.0. The van der Waals surface area contributed by atoms with Gasteiger partial charge in [0, 0.05) is 19.2 Å². The first-order chi connectivity index (χ1) is 9.69.